The van der Waals surface area contributed by atoms with Crippen LogP contribution >= 0.6 is 24.1 Å². The molecular formula is C6H8F6O6S4. The highest BCUT2D eigenvalue weighted by Crippen LogP contribution is 2.29. The lowest BCUT2D eigenvalue weighted by molar-refractivity contribution is -0.0498. The molecule has 0 fully saturated rings. The first-order valence-electron chi connectivity index (χ1n) is 4.95. The minimum absolute atomic E-state index is 0.00138. The molecule has 0 aromatic heterocycles. The number of hydrogen-bond acceptors (Lipinski definition) is 8. The molecule has 0 atom stereocenters. The molecule has 134 valence electrons. The zero-order valence-corrected chi connectivity index (χ0v) is 13.4. The molecule has 0 amide bonds. The van der Waals surface area contributed by atoms with Gasteiger partial charge in [-0.1, -0.05) is 0 Å². The molecule has 0 aliphatic heterocycles. The second-order valence-corrected chi connectivity index (χ2v) is 8.41. The van der Waals surface area contributed by atoms with Gasteiger partial charge in [-0.15, -0.1) is 0 Å². The Hall–Kier alpha value is 0.1000. The van der Waals surface area contributed by atoms with Crippen LogP contribution in [0.1, 0.15) is 12.8 Å². The Morgan fingerprint density at radius 3 is 1.18 bits per heavy atom. The van der Waals surface area contributed by atoms with Gasteiger partial charge in [0.25, 0.3) is 0 Å². The molecule has 0 spiro atoms. The molecule has 0 saturated heterocycles. The van der Waals surface area contributed by atoms with Crippen LogP contribution in [0, 0.1) is 0 Å². The average molecular weight is 418 g/mol. The summed E-state index contributed by atoms with van der Waals surface area (Å²) in [6, 6.07) is 0. The van der Waals surface area contributed by atoms with Crippen molar-refractivity contribution in [1.29, 1.82) is 0 Å². The van der Waals surface area contributed by atoms with E-state index in [4.69, 9.17) is 0 Å². The Kier molecular flexibility index (Phi) is 8.31. The van der Waals surface area contributed by atoms with Crippen molar-refractivity contribution in [1.82, 2.24) is 0 Å². The summed E-state index contributed by atoms with van der Waals surface area (Å²) in [6.45, 7) is 0. The molecule has 0 aliphatic rings. The fourth-order valence-corrected chi connectivity index (χ4v) is 3.41. The third kappa shape index (κ3) is 7.58. The molecule has 0 aromatic carbocycles. The van der Waals surface area contributed by atoms with Crippen molar-refractivity contribution >= 4 is 44.3 Å². The Bertz CT molecular complexity index is 487. The van der Waals surface area contributed by atoms with Crippen molar-refractivity contribution < 1.29 is 50.4 Å². The summed E-state index contributed by atoms with van der Waals surface area (Å²) in [4.78, 5) is 0. The van der Waals surface area contributed by atoms with Crippen LogP contribution in [0.25, 0.3) is 0 Å². The molecule has 0 aliphatic carbocycles. The zero-order valence-electron chi connectivity index (χ0n) is 10.2. The SMILES string of the molecule is O=S(=O)(OSCCCCSOS(=O)(=O)C(F)(F)F)C(F)(F)F. The molecule has 6 nitrogen and oxygen atoms in total. The van der Waals surface area contributed by atoms with Crippen LogP contribution in [-0.4, -0.2) is 39.4 Å². The largest absolute Gasteiger partial charge is 0.524 e. The third-order valence-corrected chi connectivity index (χ3v) is 5.80. The molecule has 0 radical (unpaired) electrons. The zero-order chi connectivity index (χ0) is 17.7. The van der Waals surface area contributed by atoms with Gasteiger partial charge in [0, 0.05) is 35.6 Å². The molecule has 0 heterocycles. The normalized spacial score (nSPS) is 14.3. The molecule has 0 N–H and O–H groups in total. The van der Waals surface area contributed by atoms with E-state index in [-0.39, 0.29) is 48.4 Å². The summed E-state index contributed by atoms with van der Waals surface area (Å²) < 4.78 is 120. The van der Waals surface area contributed by atoms with E-state index >= 15 is 0 Å². The van der Waals surface area contributed by atoms with Gasteiger partial charge in [0.2, 0.25) is 0 Å². The van der Waals surface area contributed by atoms with Gasteiger partial charge in [-0.3, -0.25) is 0 Å². The minimum Gasteiger partial charge on any atom is -0.191 e. The van der Waals surface area contributed by atoms with Crippen LogP contribution in [0.15, 0.2) is 0 Å². The minimum atomic E-state index is -5.70. The van der Waals surface area contributed by atoms with Crippen molar-refractivity contribution in [2.45, 2.75) is 23.9 Å². The lowest BCUT2D eigenvalue weighted by Crippen LogP contribution is -2.23. The Balaban J connectivity index is 3.82. The van der Waals surface area contributed by atoms with Gasteiger partial charge in [-0.2, -0.15) is 50.4 Å². The lowest BCUT2D eigenvalue weighted by atomic mass is 10.4. The predicted octanol–water partition coefficient (Wildman–Crippen LogP) is 2.80. The maximum atomic E-state index is 11.8. The Labute approximate surface area is 130 Å². The van der Waals surface area contributed by atoms with Gasteiger partial charge in [0.15, 0.2) is 0 Å². The highest BCUT2D eigenvalue weighted by atomic mass is 32.3. The van der Waals surface area contributed by atoms with Crippen LogP contribution in [0.5, 0.6) is 0 Å². The Morgan fingerprint density at radius 2 is 0.955 bits per heavy atom. The second-order valence-electron chi connectivity index (χ2n) is 3.29. The van der Waals surface area contributed by atoms with E-state index in [9.17, 15) is 43.2 Å². The fourth-order valence-electron chi connectivity index (χ4n) is 0.594. The predicted molar refractivity (Wildman–Crippen MR) is 66.3 cm³/mol. The first kappa shape index (κ1) is 22.1. The van der Waals surface area contributed by atoms with Crippen LogP contribution < -0.4 is 0 Å². The molecule has 22 heavy (non-hydrogen) atoms. The number of halogens is 6. The Morgan fingerprint density at radius 1 is 0.682 bits per heavy atom. The monoisotopic (exact) mass is 418 g/mol. The lowest BCUT2D eigenvalue weighted by Gasteiger charge is -2.07. The summed E-state index contributed by atoms with van der Waals surface area (Å²) in [5.41, 5.74) is -11.1. The van der Waals surface area contributed by atoms with Gasteiger partial charge >= 0.3 is 31.3 Å². The number of alkyl halides is 6. The summed E-state index contributed by atoms with van der Waals surface area (Å²) in [5, 5.41) is 0. The maximum Gasteiger partial charge on any atom is 0.524 e. The third-order valence-electron chi connectivity index (χ3n) is 1.55. The standard InChI is InChI=1S/C6H8F6O6S4/c7-5(8,9)21(13,14)17-19-3-1-2-4-20-18-22(15,16)6(10,11)12/h1-4H2. The first-order chi connectivity index (χ1) is 9.71. The van der Waals surface area contributed by atoms with Crippen LogP contribution in [0.4, 0.5) is 26.3 Å². The van der Waals surface area contributed by atoms with E-state index in [0.29, 0.717) is 0 Å². The van der Waals surface area contributed by atoms with E-state index in [2.05, 4.69) is 7.26 Å². The first-order valence-corrected chi connectivity index (χ1v) is 9.59. The molecule has 0 rings (SSSR count). The quantitative estimate of drug-likeness (QED) is 0.245. The summed E-state index contributed by atoms with van der Waals surface area (Å²) in [6.07, 6.45) is 0.112. The van der Waals surface area contributed by atoms with Crippen LogP contribution in [0.2, 0.25) is 0 Å². The maximum absolute atomic E-state index is 11.8. The summed E-state index contributed by atoms with van der Waals surface area (Å²) >= 11 is -0.00276. The van der Waals surface area contributed by atoms with Crippen molar-refractivity contribution in [3.8, 4) is 0 Å². The van der Waals surface area contributed by atoms with Gasteiger partial charge in [0.05, 0.1) is 0 Å². The topological polar surface area (TPSA) is 86.7 Å². The highest BCUT2D eigenvalue weighted by Gasteiger charge is 2.48. The molecule has 0 saturated carbocycles. The summed E-state index contributed by atoms with van der Waals surface area (Å²) in [7, 11) is -11.4. The van der Waals surface area contributed by atoms with E-state index in [1.165, 1.54) is 0 Å². The second kappa shape index (κ2) is 8.27. The van der Waals surface area contributed by atoms with Crippen LogP contribution in [0.3, 0.4) is 0 Å². The van der Waals surface area contributed by atoms with Gasteiger partial charge in [0.1, 0.15) is 0 Å². The number of rotatable bonds is 9. The average Bonchev–Trinajstić information content (AvgIpc) is 2.29. The number of unbranched alkanes of at least 4 members (excludes halogenated alkanes) is 1. The fraction of sp³-hybridized carbons (Fsp3) is 1.00. The van der Waals surface area contributed by atoms with Crippen molar-refractivity contribution in [3.05, 3.63) is 0 Å². The van der Waals surface area contributed by atoms with E-state index < -0.39 is 31.3 Å². The van der Waals surface area contributed by atoms with E-state index in [0.717, 1.165) is 0 Å². The summed E-state index contributed by atoms with van der Waals surface area (Å²) in [5.74, 6) is -0.413. The number of hydrogen-bond donors (Lipinski definition) is 0. The molecule has 0 aromatic rings. The van der Waals surface area contributed by atoms with E-state index in [1.807, 2.05) is 0 Å². The van der Waals surface area contributed by atoms with Crippen molar-refractivity contribution in [3.63, 3.8) is 0 Å². The van der Waals surface area contributed by atoms with Crippen molar-refractivity contribution in [2.24, 2.45) is 0 Å². The van der Waals surface area contributed by atoms with Gasteiger partial charge < -0.3 is 0 Å². The molecule has 0 bridgehead atoms. The highest BCUT2D eigenvalue weighted by molar-refractivity contribution is 8.05. The molecule has 16 heteroatoms. The van der Waals surface area contributed by atoms with Crippen LogP contribution in [-0.2, 0) is 27.5 Å². The smallest absolute Gasteiger partial charge is 0.191 e. The van der Waals surface area contributed by atoms with E-state index in [1.54, 1.807) is 0 Å². The molecular weight excluding hydrogens is 410 g/mol. The molecule has 0 unspecified atom stereocenters. The van der Waals surface area contributed by atoms with Crippen molar-refractivity contribution in [2.75, 3.05) is 11.5 Å². The van der Waals surface area contributed by atoms with Gasteiger partial charge in [-0.05, 0) is 12.8 Å². The van der Waals surface area contributed by atoms with Gasteiger partial charge in [-0.25, -0.2) is 0 Å².